The van der Waals surface area contributed by atoms with Crippen molar-refractivity contribution in [1.29, 1.82) is 0 Å². The molecule has 3 aromatic carbocycles. The Morgan fingerprint density at radius 2 is 1.78 bits per heavy atom. The number of nitrogens with one attached hydrogen (secondary N) is 1. The van der Waals surface area contributed by atoms with Crippen molar-refractivity contribution in [3.8, 4) is 16.9 Å². The predicted octanol–water partition coefficient (Wildman–Crippen LogP) is 7.91. The van der Waals surface area contributed by atoms with Gasteiger partial charge in [-0.2, -0.15) is 0 Å². The summed E-state index contributed by atoms with van der Waals surface area (Å²) in [6.45, 7) is 16.2. The molecule has 0 aromatic heterocycles. The maximum atomic E-state index is 6.50. The van der Waals surface area contributed by atoms with E-state index in [0.29, 0.717) is 0 Å². The van der Waals surface area contributed by atoms with E-state index in [1.807, 2.05) is 24.3 Å². The molecule has 0 spiro atoms. The molecule has 3 heteroatoms. The van der Waals surface area contributed by atoms with E-state index in [1.54, 1.807) is 0 Å². The number of hydrogen-bond donors (Lipinski definition) is 1. The summed E-state index contributed by atoms with van der Waals surface area (Å²) in [5, 5.41) is 4.51. The number of benzene rings is 3. The molecule has 0 aliphatic rings. The summed E-state index contributed by atoms with van der Waals surface area (Å²) < 4.78 is 5.80. The first-order valence-corrected chi connectivity index (χ1v) is 11.6. The first-order chi connectivity index (χ1) is 15.3. The van der Waals surface area contributed by atoms with Crippen LogP contribution < -0.4 is 10.1 Å². The van der Waals surface area contributed by atoms with Crippen LogP contribution in [0.25, 0.3) is 11.1 Å². The van der Waals surface area contributed by atoms with Crippen molar-refractivity contribution >= 4 is 11.6 Å². The molecule has 3 aromatic rings. The van der Waals surface area contributed by atoms with E-state index in [1.165, 1.54) is 27.8 Å². The van der Waals surface area contributed by atoms with Crippen LogP contribution in [0.3, 0.4) is 0 Å². The lowest BCUT2D eigenvalue weighted by molar-refractivity contribution is 0.317. The van der Waals surface area contributed by atoms with Gasteiger partial charge in [0.2, 0.25) is 0 Å². The van der Waals surface area contributed by atoms with Gasteiger partial charge in [-0.1, -0.05) is 54.4 Å². The SMILES string of the molecule is C=CC(C)(NCc1cc(-c2cc(C)ccc2Cl)ccc1C)c1ccc(OCCC)cc1C. The lowest BCUT2D eigenvalue weighted by Crippen LogP contribution is -2.37. The van der Waals surface area contributed by atoms with E-state index >= 15 is 0 Å². The summed E-state index contributed by atoms with van der Waals surface area (Å²) in [7, 11) is 0. The molecular weight excluding hydrogens is 414 g/mol. The number of rotatable bonds is 9. The van der Waals surface area contributed by atoms with E-state index < -0.39 is 0 Å². The van der Waals surface area contributed by atoms with Crippen molar-refractivity contribution in [3.63, 3.8) is 0 Å². The Hall–Kier alpha value is -2.55. The van der Waals surface area contributed by atoms with Gasteiger partial charge in [-0.25, -0.2) is 0 Å². The van der Waals surface area contributed by atoms with Gasteiger partial charge < -0.3 is 10.1 Å². The minimum absolute atomic E-state index is 0.364. The molecule has 2 nitrogen and oxygen atoms in total. The van der Waals surface area contributed by atoms with Crippen LogP contribution >= 0.6 is 11.6 Å². The minimum atomic E-state index is -0.364. The van der Waals surface area contributed by atoms with E-state index in [4.69, 9.17) is 16.3 Å². The summed E-state index contributed by atoms with van der Waals surface area (Å²) in [6.07, 6.45) is 2.98. The standard InChI is InChI=1S/C29H34ClNO/c1-7-15-32-25-12-13-27(22(5)17-25)29(6,8-2)31-19-24-18-23(11-10-21(24)4)26-16-20(3)9-14-28(26)30/h8-14,16-18,31H,2,7,15,19H2,1,3-6H3. The summed E-state index contributed by atoms with van der Waals surface area (Å²) in [5.41, 5.74) is 7.91. The van der Waals surface area contributed by atoms with Crippen molar-refractivity contribution < 1.29 is 4.74 Å². The molecular formula is C29H34ClNO. The lowest BCUT2D eigenvalue weighted by atomic mass is 9.88. The molecule has 0 amide bonds. The van der Waals surface area contributed by atoms with Crippen molar-refractivity contribution in [2.75, 3.05) is 6.61 Å². The van der Waals surface area contributed by atoms with Gasteiger partial charge in [-0.15, -0.1) is 6.58 Å². The molecule has 3 rings (SSSR count). The Morgan fingerprint density at radius 3 is 2.47 bits per heavy atom. The smallest absolute Gasteiger partial charge is 0.119 e. The minimum Gasteiger partial charge on any atom is -0.494 e. The normalized spacial score (nSPS) is 12.9. The Morgan fingerprint density at radius 1 is 1.00 bits per heavy atom. The van der Waals surface area contributed by atoms with Crippen LogP contribution in [-0.2, 0) is 12.1 Å². The van der Waals surface area contributed by atoms with Crippen molar-refractivity contribution in [2.24, 2.45) is 0 Å². The first-order valence-electron chi connectivity index (χ1n) is 11.3. The van der Waals surface area contributed by atoms with Gasteiger partial charge in [0.1, 0.15) is 5.75 Å². The van der Waals surface area contributed by atoms with E-state index in [-0.39, 0.29) is 5.54 Å². The summed E-state index contributed by atoms with van der Waals surface area (Å²) in [6, 6.07) is 19.0. The Bertz CT molecular complexity index is 1100. The van der Waals surface area contributed by atoms with Gasteiger partial charge in [-0.05, 0) is 92.3 Å². The van der Waals surface area contributed by atoms with E-state index in [2.05, 4.69) is 82.9 Å². The van der Waals surface area contributed by atoms with Gasteiger partial charge in [0.25, 0.3) is 0 Å². The Balaban J connectivity index is 1.86. The Labute approximate surface area is 198 Å². The molecule has 1 N–H and O–H groups in total. The molecule has 0 saturated carbocycles. The van der Waals surface area contributed by atoms with Gasteiger partial charge in [0.05, 0.1) is 12.1 Å². The van der Waals surface area contributed by atoms with Gasteiger partial charge in [0.15, 0.2) is 0 Å². The molecule has 0 bridgehead atoms. The van der Waals surface area contributed by atoms with Crippen LogP contribution in [0.5, 0.6) is 5.75 Å². The zero-order valence-corrected chi connectivity index (χ0v) is 20.6. The zero-order chi connectivity index (χ0) is 23.3. The number of ether oxygens (including phenoxy) is 1. The third-order valence-electron chi connectivity index (χ3n) is 6.07. The second-order valence-electron chi connectivity index (χ2n) is 8.71. The maximum Gasteiger partial charge on any atom is 0.119 e. The van der Waals surface area contributed by atoms with Gasteiger partial charge in [0, 0.05) is 17.1 Å². The molecule has 0 aliphatic carbocycles. The van der Waals surface area contributed by atoms with Crippen molar-refractivity contribution in [3.05, 3.63) is 100 Å². The fourth-order valence-corrected chi connectivity index (χ4v) is 4.20. The maximum absolute atomic E-state index is 6.50. The predicted molar refractivity (Wildman–Crippen MR) is 138 cm³/mol. The highest BCUT2D eigenvalue weighted by Gasteiger charge is 2.24. The van der Waals surface area contributed by atoms with E-state index in [9.17, 15) is 0 Å². The molecule has 32 heavy (non-hydrogen) atoms. The third-order valence-corrected chi connectivity index (χ3v) is 6.40. The highest BCUT2D eigenvalue weighted by molar-refractivity contribution is 6.33. The molecule has 168 valence electrons. The lowest BCUT2D eigenvalue weighted by Gasteiger charge is -2.30. The largest absolute Gasteiger partial charge is 0.494 e. The second-order valence-corrected chi connectivity index (χ2v) is 9.12. The molecule has 1 unspecified atom stereocenters. The van der Waals surface area contributed by atoms with Crippen LogP contribution in [0.1, 0.15) is 48.1 Å². The Kier molecular flexibility index (Phi) is 7.82. The zero-order valence-electron chi connectivity index (χ0n) is 19.9. The molecule has 0 radical (unpaired) electrons. The van der Waals surface area contributed by atoms with E-state index in [0.717, 1.165) is 41.5 Å². The fourth-order valence-electron chi connectivity index (χ4n) is 3.97. The molecule has 0 saturated heterocycles. The first kappa shape index (κ1) is 24.1. The summed E-state index contributed by atoms with van der Waals surface area (Å²) in [4.78, 5) is 0. The highest BCUT2D eigenvalue weighted by Crippen LogP contribution is 2.32. The van der Waals surface area contributed by atoms with Crippen LogP contribution in [0.4, 0.5) is 0 Å². The highest BCUT2D eigenvalue weighted by atomic mass is 35.5. The van der Waals surface area contributed by atoms with Crippen LogP contribution in [0.15, 0.2) is 67.3 Å². The topological polar surface area (TPSA) is 21.3 Å². The number of hydrogen-bond acceptors (Lipinski definition) is 2. The van der Waals surface area contributed by atoms with Crippen LogP contribution in [0, 0.1) is 20.8 Å². The van der Waals surface area contributed by atoms with Crippen LogP contribution in [-0.4, -0.2) is 6.61 Å². The second kappa shape index (κ2) is 10.4. The average Bonchev–Trinajstić information content (AvgIpc) is 2.78. The van der Waals surface area contributed by atoms with Gasteiger partial charge in [-0.3, -0.25) is 0 Å². The molecule has 0 fully saturated rings. The summed E-state index contributed by atoms with van der Waals surface area (Å²) >= 11 is 6.50. The number of halogens is 1. The molecule has 1 atom stereocenters. The average molecular weight is 448 g/mol. The monoisotopic (exact) mass is 447 g/mol. The molecule has 0 aliphatic heterocycles. The molecule has 0 heterocycles. The summed E-state index contributed by atoms with van der Waals surface area (Å²) in [5.74, 6) is 0.915. The van der Waals surface area contributed by atoms with Crippen LogP contribution in [0.2, 0.25) is 5.02 Å². The quantitative estimate of drug-likeness (QED) is 0.336. The third kappa shape index (κ3) is 5.43. The van der Waals surface area contributed by atoms with Gasteiger partial charge >= 0.3 is 0 Å². The van der Waals surface area contributed by atoms with Crippen molar-refractivity contribution in [1.82, 2.24) is 5.32 Å². The van der Waals surface area contributed by atoms with Crippen molar-refractivity contribution in [2.45, 2.75) is 53.1 Å². The fraction of sp³-hybridized carbons (Fsp3) is 0.310. The number of aryl methyl sites for hydroxylation is 3.